The molecule has 1 aromatic heterocycles. The van der Waals surface area contributed by atoms with Crippen molar-refractivity contribution in [2.24, 2.45) is 5.92 Å². The van der Waals surface area contributed by atoms with Crippen molar-refractivity contribution in [3.63, 3.8) is 0 Å². The van der Waals surface area contributed by atoms with Crippen molar-refractivity contribution < 1.29 is 14.7 Å². The van der Waals surface area contributed by atoms with Crippen LogP contribution in [-0.4, -0.2) is 53.0 Å². The van der Waals surface area contributed by atoms with Crippen LogP contribution in [0.25, 0.3) is 0 Å². The smallest absolute Gasteiger partial charge is 0.253 e. The van der Waals surface area contributed by atoms with Gasteiger partial charge in [0.1, 0.15) is 0 Å². The number of aliphatic hydroxyl groups excluding tert-OH is 1. The van der Waals surface area contributed by atoms with Crippen LogP contribution in [0.4, 0.5) is 0 Å². The number of carbonyl (C=O) groups excluding carboxylic acids is 2. The number of aliphatic hydroxyl groups is 1. The summed E-state index contributed by atoms with van der Waals surface area (Å²) in [6.07, 6.45) is 1.96. The average Bonchev–Trinajstić information content (AvgIpc) is 3.02. The number of nitrogens with zero attached hydrogens (tertiary/aromatic N) is 2. The first kappa shape index (κ1) is 18.1. The predicted molar refractivity (Wildman–Crippen MR) is 97.6 cm³/mol. The molecule has 1 fully saturated rings. The number of rotatable bonds is 5. The standard InChI is InChI=1S/C20H23N3O3/c1-21-19(25)11-16-12-23(13-18(16)24)20(26)15-6-4-5-14(9-15)10-17-7-2-3-8-22-17/h2-9,16,18,24H,10-13H2,1H3,(H,21,25)/t16-,18-/m1/s1. The highest BCUT2D eigenvalue weighted by Gasteiger charge is 2.35. The Morgan fingerprint density at radius 1 is 1.23 bits per heavy atom. The Bertz CT molecular complexity index is 779. The maximum atomic E-state index is 12.8. The zero-order valence-corrected chi connectivity index (χ0v) is 14.8. The number of benzene rings is 1. The molecule has 1 aromatic carbocycles. The first-order chi connectivity index (χ1) is 12.6. The molecule has 2 amide bonds. The molecule has 0 radical (unpaired) electrons. The zero-order valence-electron chi connectivity index (χ0n) is 14.8. The molecule has 0 unspecified atom stereocenters. The third-order valence-corrected chi connectivity index (χ3v) is 4.71. The lowest BCUT2D eigenvalue weighted by Crippen LogP contribution is -2.30. The van der Waals surface area contributed by atoms with Crippen LogP contribution in [0.3, 0.4) is 0 Å². The molecule has 26 heavy (non-hydrogen) atoms. The van der Waals surface area contributed by atoms with Gasteiger partial charge in [-0.2, -0.15) is 0 Å². The summed E-state index contributed by atoms with van der Waals surface area (Å²) in [7, 11) is 1.57. The minimum Gasteiger partial charge on any atom is -0.391 e. The number of hydrogen-bond donors (Lipinski definition) is 2. The van der Waals surface area contributed by atoms with Gasteiger partial charge in [0, 0.05) is 56.4 Å². The van der Waals surface area contributed by atoms with Gasteiger partial charge in [0.2, 0.25) is 5.91 Å². The molecule has 6 nitrogen and oxygen atoms in total. The highest BCUT2D eigenvalue weighted by Crippen LogP contribution is 2.22. The van der Waals surface area contributed by atoms with Crippen LogP contribution >= 0.6 is 0 Å². The van der Waals surface area contributed by atoms with Gasteiger partial charge in [-0.25, -0.2) is 0 Å². The molecule has 2 aromatic rings. The number of carbonyl (C=O) groups is 2. The van der Waals surface area contributed by atoms with Crippen LogP contribution in [0.2, 0.25) is 0 Å². The van der Waals surface area contributed by atoms with Gasteiger partial charge in [0.05, 0.1) is 6.10 Å². The molecule has 6 heteroatoms. The summed E-state index contributed by atoms with van der Waals surface area (Å²) in [5.74, 6) is -0.470. The topological polar surface area (TPSA) is 82.5 Å². The summed E-state index contributed by atoms with van der Waals surface area (Å²) in [5, 5.41) is 12.7. The molecular formula is C20H23N3O3. The van der Waals surface area contributed by atoms with Crippen LogP contribution in [0.15, 0.2) is 48.7 Å². The summed E-state index contributed by atoms with van der Waals surface area (Å²) in [5.41, 5.74) is 2.54. The molecule has 0 bridgehead atoms. The normalized spacial score (nSPS) is 19.4. The van der Waals surface area contributed by atoms with Crippen molar-refractivity contribution >= 4 is 11.8 Å². The van der Waals surface area contributed by atoms with E-state index in [1.807, 2.05) is 36.4 Å². The van der Waals surface area contributed by atoms with Gasteiger partial charge in [-0.1, -0.05) is 18.2 Å². The van der Waals surface area contributed by atoms with Gasteiger partial charge < -0.3 is 15.3 Å². The predicted octanol–water partition coefficient (Wildman–Crippen LogP) is 1.24. The van der Waals surface area contributed by atoms with Crippen LogP contribution in [0, 0.1) is 5.92 Å². The number of pyridine rings is 1. The van der Waals surface area contributed by atoms with Gasteiger partial charge in [-0.15, -0.1) is 0 Å². The lowest BCUT2D eigenvalue weighted by molar-refractivity contribution is -0.122. The van der Waals surface area contributed by atoms with Gasteiger partial charge in [-0.3, -0.25) is 14.6 Å². The lowest BCUT2D eigenvalue weighted by Gasteiger charge is -2.16. The fourth-order valence-electron chi connectivity index (χ4n) is 3.27. The van der Waals surface area contributed by atoms with Crippen LogP contribution in [-0.2, 0) is 11.2 Å². The molecule has 0 saturated carbocycles. The van der Waals surface area contributed by atoms with Gasteiger partial charge >= 0.3 is 0 Å². The van der Waals surface area contributed by atoms with Crippen molar-refractivity contribution in [2.45, 2.75) is 18.9 Å². The van der Waals surface area contributed by atoms with E-state index in [9.17, 15) is 14.7 Å². The van der Waals surface area contributed by atoms with Crippen molar-refractivity contribution in [1.82, 2.24) is 15.2 Å². The molecule has 0 aliphatic carbocycles. The summed E-state index contributed by atoms with van der Waals surface area (Å²) in [6, 6.07) is 13.2. The second kappa shape index (κ2) is 8.10. The molecule has 2 atom stereocenters. The molecule has 0 spiro atoms. The van der Waals surface area contributed by atoms with Gasteiger partial charge in [-0.05, 0) is 29.8 Å². The minimum absolute atomic E-state index is 0.119. The van der Waals surface area contributed by atoms with Crippen LogP contribution in [0.1, 0.15) is 28.0 Å². The third kappa shape index (κ3) is 4.26. The lowest BCUT2D eigenvalue weighted by atomic mass is 10.0. The Morgan fingerprint density at radius 2 is 2.08 bits per heavy atom. The molecule has 2 N–H and O–H groups in total. The van der Waals surface area contributed by atoms with E-state index >= 15 is 0 Å². The van der Waals surface area contributed by atoms with E-state index in [0.29, 0.717) is 18.5 Å². The summed E-state index contributed by atoms with van der Waals surface area (Å²) < 4.78 is 0. The van der Waals surface area contributed by atoms with Crippen LogP contribution < -0.4 is 5.32 Å². The summed E-state index contributed by atoms with van der Waals surface area (Å²) in [4.78, 5) is 30.3. The number of β-amino-alcohol motifs (C(OH)–C–C–N with tert-alkyl or cyclic N) is 1. The molecule has 2 heterocycles. The molecule has 3 rings (SSSR count). The van der Waals surface area contributed by atoms with E-state index in [4.69, 9.17) is 0 Å². The van der Waals surface area contributed by atoms with Gasteiger partial charge in [0.25, 0.3) is 5.91 Å². The Kier molecular flexibility index (Phi) is 5.63. The van der Waals surface area contributed by atoms with E-state index in [2.05, 4.69) is 10.3 Å². The summed E-state index contributed by atoms with van der Waals surface area (Å²) >= 11 is 0. The van der Waals surface area contributed by atoms with Crippen LogP contribution in [0.5, 0.6) is 0 Å². The monoisotopic (exact) mass is 353 g/mol. The fourth-order valence-corrected chi connectivity index (χ4v) is 3.27. The minimum atomic E-state index is -0.673. The first-order valence-electron chi connectivity index (χ1n) is 8.73. The van der Waals surface area contributed by atoms with E-state index in [1.54, 1.807) is 24.2 Å². The number of amides is 2. The molecular weight excluding hydrogens is 330 g/mol. The van der Waals surface area contributed by atoms with Crippen molar-refractivity contribution in [3.8, 4) is 0 Å². The molecule has 136 valence electrons. The number of likely N-dealkylation sites (tertiary alicyclic amines) is 1. The second-order valence-corrected chi connectivity index (χ2v) is 6.61. The van der Waals surface area contributed by atoms with Crippen molar-refractivity contribution in [2.75, 3.05) is 20.1 Å². The van der Waals surface area contributed by atoms with E-state index in [1.165, 1.54) is 0 Å². The quantitative estimate of drug-likeness (QED) is 0.847. The van der Waals surface area contributed by atoms with Gasteiger partial charge in [0.15, 0.2) is 0 Å². The maximum Gasteiger partial charge on any atom is 0.253 e. The summed E-state index contributed by atoms with van der Waals surface area (Å²) in [6.45, 7) is 0.642. The Labute approximate surface area is 152 Å². The Hall–Kier alpha value is -2.73. The third-order valence-electron chi connectivity index (χ3n) is 4.71. The average molecular weight is 353 g/mol. The Morgan fingerprint density at radius 3 is 2.81 bits per heavy atom. The second-order valence-electron chi connectivity index (χ2n) is 6.61. The molecule has 1 aliphatic rings. The fraction of sp³-hybridized carbons (Fsp3) is 0.350. The van der Waals surface area contributed by atoms with Crippen molar-refractivity contribution in [1.29, 1.82) is 0 Å². The SMILES string of the molecule is CNC(=O)C[C@@H]1CN(C(=O)c2cccc(Cc3ccccn3)c2)C[C@H]1O. The zero-order chi connectivity index (χ0) is 18.5. The van der Waals surface area contributed by atoms with E-state index in [0.717, 1.165) is 11.3 Å². The maximum absolute atomic E-state index is 12.8. The van der Waals surface area contributed by atoms with E-state index < -0.39 is 6.10 Å². The van der Waals surface area contributed by atoms with Crippen molar-refractivity contribution in [3.05, 3.63) is 65.5 Å². The Balaban J connectivity index is 1.68. The first-order valence-corrected chi connectivity index (χ1v) is 8.73. The van der Waals surface area contributed by atoms with E-state index in [-0.39, 0.29) is 30.7 Å². The number of nitrogens with one attached hydrogen (secondary N) is 1. The highest BCUT2D eigenvalue weighted by atomic mass is 16.3. The largest absolute Gasteiger partial charge is 0.391 e. The number of hydrogen-bond acceptors (Lipinski definition) is 4. The molecule has 1 aliphatic heterocycles. The molecule has 1 saturated heterocycles. The number of aromatic nitrogens is 1. The highest BCUT2D eigenvalue weighted by molar-refractivity contribution is 5.94.